The van der Waals surface area contributed by atoms with Crippen LogP contribution in [0.15, 0.2) is 48.5 Å². The van der Waals surface area contributed by atoms with E-state index >= 15 is 0 Å². The van der Waals surface area contributed by atoms with Crippen molar-refractivity contribution in [2.24, 2.45) is 0 Å². The van der Waals surface area contributed by atoms with Gasteiger partial charge in [0.15, 0.2) is 0 Å². The molecule has 0 spiro atoms. The lowest BCUT2D eigenvalue weighted by Crippen LogP contribution is -2.32. The second kappa shape index (κ2) is 7.40. The molecule has 3 N–H and O–H groups in total. The molecular weight excluding hydrogens is 297 g/mol. The van der Waals surface area contributed by atoms with Crippen LogP contribution in [0.5, 0.6) is 0 Å². The van der Waals surface area contributed by atoms with Gasteiger partial charge in [-0.2, -0.15) is 0 Å². The van der Waals surface area contributed by atoms with Crippen LogP contribution in [0, 0.1) is 5.82 Å². The maximum atomic E-state index is 13.1. The van der Waals surface area contributed by atoms with E-state index in [1.807, 2.05) is 0 Å². The third-order valence-corrected chi connectivity index (χ3v) is 3.22. The predicted molar refractivity (Wildman–Crippen MR) is 87.9 cm³/mol. The van der Waals surface area contributed by atoms with Crippen molar-refractivity contribution >= 4 is 23.2 Å². The van der Waals surface area contributed by atoms with Crippen LogP contribution < -0.4 is 16.0 Å². The first-order valence-electron chi connectivity index (χ1n) is 7.14. The Balaban J connectivity index is 2.02. The molecule has 120 valence electrons. The lowest BCUT2D eigenvalue weighted by Gasteiger charge is -2.16. The number of nitrogens with one attached hydrogen (secondary N) is 3. The van der Waals surface area contributed by atoms with E-state index in [4.69, 9.17) is 0 Å². The van der Waals surface area contributed by atoms with E-state index in [0.29, 0.717) is 16.9 Å². The van der Waals surface area contributed by atoms with Crippen LogP contribution in [0.25, 0.3) is 0 Å². The molecule has 0 saturated heterocycles. The topological polar surface area (TPSA) is 70.2 Å². The fraction of sp³-hybridized carbons (Fsp3) is 0.176. The predicted octanol–water partition coefficient (Wildman–Crippen LogP) is 2.62. The lowest BCUT2D eigenvalue weighted by atomic mass is 10.1. The van der Waals surface area contributed by atoms with E-state index in [1.54, 1.807) is 44.3 Å². The van der Waals surface area contributed by atoms with Gasteiger partial charge in [-0.15, -0.1) is 0 Å². The average molecular weight is 315 g/mol. The zero-order valence-corrected chi connectivity index (χ0v) is 12.9. The Morgan fingerprint density at radius 1 is 1.04 bits per heavy atom. The van der Waals surface area contributed by atoms with Crippen molar-refractivity contribution in [3.05, 3.63) is 59.9 Å². The molecule has 1 atom stereocenters. The second-order valence-electron chi connectivity index (χ2n) is 5.03. The average Bonchev–Trinajstić information content (AvgIpc) is 2.54. The fourth-order valence-corrected chi connectivity index (χ4v) is 2.03. The summed E-state index contributed by atoms with van der Waals surface area (Å²) in [5.74, 6) is -0.923. The minimum absolute atomic E-state index is 0.203. The molecule has 6 heteroatoms. The Bertz CT molecular complexity index is 718. The number of benzene rings is 2. The standard InChI is InChI=1S/C17H18FN3O2/c1-11(16(22)21-15-8-4-6-13(18)10-15)20-14-7-3-5-12(9-14)17(23)19-2/h3-11,20H,1-2H3,(H,19,23)(H,21,22). The van der Waals surface area contributed by atoms with E-state index in [0.717, 1.165) is 0 Å². The highest BCUT2D eigenvalue weighted by atomic mass is 19.1. The van der Waals surface area contributed by atoms with E-state index in [2.05, 4.69) is 16.0 Å². The highest BCUT2D eigenvalue weighted by Gasteiger charge is 2.14. The highest BCUT2D eigenvalue weighted by Crippen LogP contribution is 2.14. The lowest BCUT2D eigenvalue weighted by molar-refractivity contribution is -0.116. The molecule has 2 rings (SSSR count). The molecule has 0 aliphatic heterocycles. The smallest absolute Gasteiger partial charge is 0.251 e. The fourth-order valence-electron chi connectivity index (χ4n) is 2.03. The molecule has 23 heavy (non-hydrogen) atoms. The van der Waals surface area contributed by atoms with Crippen LogP contribution in [0.3, 0.4) is 0 Å². The van der Waals surface area contributed by atoms with Gasteiger partial charge in [0.05, 0.1) is 0 Å². The summed E-state index contributed by atoms with van der Waals surface area (Å²) in [4.78, 5) is 23.7. The van der Waals surface area contributed by atoms with Crippen molar-refractivity contribution < 1.29 is 14.0 Å². The monoisotopic (exact) mass is 315 g/mol. The minimum Gasteiger partial charge on any atom is -0.374 e. The molecule has 0 bridgehead atoms. The number of halogens is 1. The number of carbonyl (C=O) groups excluding carboxylic acids is 2. The molecule has 5 nitrogen and oxygen atoms in total. The largest absolute Gasteiger partial charge is 0.374 e. The molecule has 0 saturated carbocycles. The zero-order chi connectivity index (χ0) is 16.8. The van der Waals surface area contributed by atoms with Gasteiger partial charge >= 0.3 is 0 Å². The summed E-state index contributed by atoms with van der Waals surface area (Å²) in [5, 5.41) is 8.18. The van der Waals surface area contributed by atoms with Crippen LogP contribution in [-0.4, -0.2) is 24.9 Å². The number of anilines is 2. The first kappa shape index (κ1) is 16.5. The number of hydrogen-bond acceptors (Lipinski definition) is 3. The maximum absolute atomic E-state index is 13.1. The molecule has 1 unspecified atom stereocenters. The summed E-state index contributed by atoms with van der Waals surface area (Å²) in [6.45, 7) is 1.68. The van der Waals surface area contributed by atoms with Crippen molar-refractivity contribution in [2.45, 2.75) is 13.0 Å². The molecule has 2 aromatic rings. The molecule has 0 fully saturated rings. The molecule has 0 aromatic heterocycles. The van der Waals surface area contributed by atoms with Crippen LogP contribution in [0.4, 0.5) is 15.8 Å². The molecule has 0 aliphatic rings. The van der Waals surface area contributed by atoms with Crippen molar-refractivity contribution in [2.75, 3.05) is 17.7 Å². The van der Waals surface area contributed by atoms with Crippen molar-refractivity contribution in [1.82, 2.24) is 5.32 Å². The van der Waals surface area contributed by atoms with Gasteiger partial charge in [0.1, 0.15) is 11.9 Å². The van der Waals surface area contributed by atoms with Gasteiger partial charge in [-0.25, -0.2) is 4.39 Å². The summed E-state index contributed by atoms with van der Waals surface area (Å²) < 4.78 is 13.1. The molecule has 0 aliphatic carbocycles. The highest BCUT2D eigenvalue weighted by molar-refractivity contribution is 5.97. The van der Waals surface area contributed by atoms with Crippen LogP contribution in [0.2, 0.25) is 0 Å². The quantitative estimate of drug-likeness (QED) is 0.794. The number of amides is 2. The molecular formula is C17H18FN3O2. The van der Waals surface area contributed by atoms with Gasteiger partial charge in [-0.05, 0) is 43.3 Å². The van der Waals surface area contributed by atoms with E-state index < -0.39 is 11.9 Å². The first-order chi connectivity index (χ1) is 11.0. The molecule has 0 radical (unpaired) electrons. The summed E-state index contributed by atoms with van der Waals surface area (Å²) in [6, 6.07) is 12.0. The molecule has 2 aromatic carbocycles. The summed E-state index contributed by atoms with van der Waals surface area (Å²) in [6.07, 6.45) is 0. The molecule has 2 amide bonds. The Morgan fingerprint density at radius 2 is 1.74 bits per heavy atom. The van der Waals surface area contributed by atoms with Gasteiger partial charge in [0, 0.05) is 24.0 Å². The summed E-state index contributed by atoms with van der Waals surface area (Å²) in [5.41, 5.74) is 1.53. The van der Waals surface area contributed by atoms with Gasteiger partial charge in [-0.1, -0.05) is 12.1 Å². The van der Waals surface area contributed by atoms with Crippen LogP contribution >= 0.6 is 0 Å². The first-order valence-corrected chi connectivity index (χ1v) is 7.14. The minimum atomic E-state index is -0.557. The normalized spacial score (nSPS) is 11.4. The van der Waals surface area contributed by atoms with Gasteiger partial charge in [0.25, 0.3) is 5.91 Å². The van der Waals surface area contributed by atoms with Gasteiger partial charge < -0.3 is 16.0 Å². The van der Waals surface area contributed by atoms with Crippen molar-refractivity contribution in [3.8, 4) is 0 Å². The SMILES string of the molecule is CNC(=O)c1cccc(NC(C)C(=O)Nc2cccc(F)c2)c1. The van der Waals surface area contributed by atoms with Gasteiger partial charge in [-0.3, -0.25) is 9.59 Å². The van der Waals surface area contributed by atoms with Crippen LogP contribution in [0.1, 0.15) is 17.3 Å². The Labute approximate surface area is 133 Å². The second-order valence-corrected chi connectivity index (χ2v) is 5.03. The third-order valence-electron chi connectivity index (χ3n) is 3.22. The van der Waals surface area contributed by atoms with E-state index in [-0.39, 0.29) is 11.8 Å². The maximum Gasteiger partial charge on any atom is 0.251 e. The Hall–Kier alpha value is -2.89. The number of hydrogen-bond donors (Lipinski definition) is 3. The Kier molecular flexibility index (Phi) is 5.30. The Morgan fingerprint density at radius 3 is 2.43 bits per heavy atom. The zero-order valence-electron chi connectivity index (χ0n) is 12.9. The van der Waals surface area contributed by atoms with E-state index in [1.165, 1.54) is 18.2 Å². The summed E-state index contributed by atoms with van der Waals surface area (Å²) >= 11 is 0. The van der Waals surface area contributed by atoms with Crippen molar-refractivity contribution in [3.63, 3.8) is 0 Å². The number of rotatable bonds is 5. The third kappa shape index (κ3) is 4.54. The number of carbonyl (C=O) groups is 2. The van der Waals surface area contributed by atoms with Crippen LogP contribution in [-0.2, 0) is 4.79 Å². The van der Waals surface area contributed by atoms with Crippen molar-refractivity contribution in [1.29, 1.82) is 0 Å². The van der Waals surface area contributed by atoms with E-state index in [9.17, 15) is 14.0 Å². The molecule has 0 heterocycles. The van der Waals surface area contributed by atoms with Gasteiger partial charge in [0.2, 0.25) is 5.91 Å². The summed E-state index contributed by atoms with van der Waals surface area (Å²) in [7, 11) is 1.55.